The van der Waals surface area contributed by atoms with Gasteiger partial charge in [0.2, 0.25) is 5.78 Å². The molecular formula is C29H25Cl3N2O4. The van der Waals surface area contributed by atoms with Crippen molar-refractivity contribution in [1.82, 2.24) is 9.47 Å². The van der Waals surface area contributed by atoms with E-state index in [0.717, 1.165) is 16.5 Å². The van der Waals surface area contributed by atoms with Gasteiger partial charge >= 0.3 is 5.97 Å². The van der Waals surface area contributed by atoms with Crippen molar-refractivity contribution >= 4 is 63.2 Å². The molecule has 3 aromatic rings. The molecule has 0 saturated heterocycles. The molecule has 0 N–H and O–H groups in total. The molecule has 1 aromatic heterocycles. The van der Waals surface area contributed by atoms with Gasteiger partial charge in [-0.15, -0.1) is 0 Å². The van der Waals surface area contributed by atoms with Gasteiger partial charge in [0.15, 0.2) is 5.78 Å². The van der Waals surface area contributed by atoms with E-state index in [1.807, 2.05) is 65.2 Å². The van der Waals surface area contributed by atoms with E-state index < -0.39 is 21.5 Å². The quantitative estimate of drug-likeness (QED) is 0.138. The van der Waals surface area contributed by atoms with Crippen molar-refractivity contribution in [3.8, 4) is 0 Å². The number of ether oxygens (including phenoxy) is 1. The highest BCUT2D eigenvalue weighted by atomic mass is 35.6. The Morgan fingerprint density at radius 1 is 1.00 bits per heavy atom. The molecule has 0 radical (unpaired) electrons. The molecule has 38 heavy (non-hydrogen) atoms. The lowest BCUT2D eigenvalue weighted by molar-refractivity contribution is -0.134. The highest BCUT2D eigenvalue weighted by Crippen LogP contribution is 2.39. The number of allylic oxidation sites excluding steroid dienone is 3. The second-order valence-corrected chi connectivity index (χ2v) is 11.2. The van der Waals surface area contributed by atoms with Crippen LogP contribution in [0.25, 0.3) is 10.9 Å². The van der Waals surface area contributed by atoms with Crippen LogP contribution in [-0.4, -0.2) is 45.0 Å². The summed E-state index contributed by atoms with van der Waals surface area (Å²) in [6, 6.07) is 19.4. The standard InChI is InChI=1S/C29H25Cl3N2O4/c1-33-17-21(12-13-27(36)38-2)22(23(18-33)28(37)29(30,31)32)15-26(35)25-14-20-10-6-7-11-24(20)34(25)16-19-8-4-3-5-9-19/h3-14,17-18,22H,15-16H2,1-2H3/b13-12+. The molecule has 1 aliphatic rings. The van der Waals surface area contributed by atoms with E-state index >= 15 is 0 Å². The Morgan fingerprint density at radius 3 is 2.37 bits per heavy atom. The molecule has 6 nitrogen and oxygen atoms in total. The van der Waals surface area contributed by atoms with Crippen molar-refractivity contribution in [2.75, 3.05) is 14.2 Å². The predicted octanol–water partition coefficient (Wildman–Crippen LogP) is 6.26. The fourth-order valence-electron chi connectivity index (χ4n) is 4.52. The number of carbonyl (C=O) groups is 3. The van der Waals surface area contributed by atoms with Crippen LogP contribution in [0.1, 0.15) is 22.5 Å². The number of esters is 1. The Labute approximate surface area is 235 Å². The Kier molecular flexibility index (Phi) is 8.46. The molecule has 2 heterocycles. The number of para-hydroxylation sites is 1. The Balaban J connectivity index is 1.76. The largest absolute Gasteiger partial charge is 0.466 e. The van der Waals surface area contributed by atoms with Crippen LogP contribution in [0.3, 0.4) is 0 Å². The smallest absolute Gasteiger partial charge is 0.330 e. The van der Waals surface area contributed by atoms with Gasteiger partial charge in [0, 0.05) is 60.9 Å². The fourth-order valence-corrected chi connectivity index (χ4v) is 4.85. The molecule has 1 unspecified atom stereocenters. The summed E-state index contributed by atoms with van der Waals surface area (Å²) >= 11 is 17.9. The number of carbonyl (C=O) groups excluding carboxylic acids is 3. The molecule has 0 fully saturated rings. The molecule has 0 amide bonds. The Hall–Kier alpha value is -3.32. The molecule has 0 spiro atoms. The second kappa shape index (κ2) is 11.6. The van der Waals surface area contributed by atoms with Crippen LogP contribution in [0.2, 0.25) is 0 Å². The minimum atomic E-state index is -2.22. The van der Waals surface area contributed by atoms with Crippen LogP contribution in [0.15, 0.2) is 96.4 Å². The van der Waals surface area contributed by atoms with E-state index in [-0.39, 0.29) is 17.8 Å². The zero-order chi connectivity index (χ0) is 27.4. The number of hydrogen-bond donors (Lipinski definition) is 0. The van der Waals surface area contributed by atoms with Crippen molar-refractivity contribution in [3.05, 3.63) is 108 Å². The molecule has 0 saturated carbocycles. The Bertz CT molecular complexity index is 1470. The number of ketones is 2. The predicted molar refractivity (Wildman–Crippen MR) is 150 cm³/mol. The third-order valence-corrected chi connectivity index (χ3v) is 6.79. The van der Waals surface area contributed by atoms with Gasteiger partial charge in [-0.3, -0.25) is 9.59 Å². The lowest BCUT2D eigenvalue weighted by Gasteiger charge is -2.29. The molecule has 1 aliphatic heterocycles. The van der Waals surface area contributed by atoms with Crippen molar-refractivity contribution in [1.29, 1.82) is 0 Å². The van der Waals surface area contributed by atoms with Crippen molar-refractivity contribution in [2.24, 2.45) is 5.92 Å². The van der Waals surface area contributed by atoms with Crippen molar-refractivity contribution in [3.63, 3.8) is 0 Å². The summed E-state index contributed by atoms with van der Waals surface area (Å²) in [4.78, 5) is 40.5. The Morgan fingerprint density at radius 2 is 1.68 bits per heavy atom. The molecule has 0 bridgehead atoms. The van der Waals surface area contributed by atoms with Crippen molar-refractivity contribution in [2.45, 2.75) is 16.8 Å². The number of fused-ring (bicyclic) bond motifs is 1. The fraction of sp³-hybridized carbons (Fsp3) is 0.207. The zero-order valence-electron chi connectivity index (χ0n) is 20.7. The topological polar surface area (TPSA) is 68.6 Å². The number of alkyl halides is 3. The van der Waals surface area contributed by atoms with Crippen LogP contribution >= 0.6 is 34.8 Å². The summed E-state index contributed by atoms with van der Waals surface area (Å²) < 4.78 is 4.46. The minimum absolute atomic E-state index is 0.0887. The average molecular weight is 572 g/mol. The van der Waals surface area contributed by atoms with Crippen LogP contribution in [-0.2, 0) is 20.9 Å². The summed E-state index contributed by atoms with van der Waals surface area (Å²) in [5.41, 5.74) is 3.12. The molecular weight excluding hydrogens is 547 g/mol. The normalized spacial score (nSPS) is 15.9. The minimum Gasteiger partial charge on any atom is -0.466 e. The van der Waals surface area contributed by atoms with Crippen LogP contribution in [0.4, 0.5) is 0 Å². The molecule has 196 valence electrons. The molecule has 1 atom stereocenters. The van der Waals surface area contributed by atoms with E-state index in [9.17, 15) is 14.4 Å². The highest BCUT2D eigenvalue weighted by Gasteiger charge is 2.39. The lowest BCUT2D eigenvalue weighted by Crippen LogP contribution is -2.31. The number of methoxy groups -OCH3 is 1. The average Bonchev–Trinajstić information content (AvgIpc) is 3.26. The molecule has 2 aromatic carbocycles. The first-order valence-electron chi connectivity index (χ1n) is 11.8. The SMILES string of the molecule is COC(=O)/C=C/C1=CN(C)C=C(C(=O)C(Cl)(Cl)Cl)C1CC(=O)c1cc2ccccc2n1Cc1ccccc1. The number of aromatic nitrogens is 1. The summed E-state index contributed by atoms with van der Waals surface area (Å²) in [6.45, 7) is 0.490. The first-order chi connectivity index (χ1) is 18.1. The van der Waals surface area contributed by atoms with Gasteiger partial charge < -0.3 is 14.2 Å². The first kappa shape index (κ1) is 27.7. The maximum absolute atomic E-state index is 13.9. The molecule has 0 aliphatic carbocycles. The summed E-state index contributed by atoms with van der Waals surface area (Å²) in [7, 11) is 2.96. The zero-order valence-corrected chi connectivity index (χ0v) is 23.0. The van der Waals surface area contributed by atoms with Gasteiger partial charge in [0.25, 0.3) is 3.79 Å². The first-order valence-corrected chi connectivity index (χ1v) is 12.9. The van der Waals surface area contributed by atoms with Gasteiger partial charge in [-0.1, -0.05) is 83.3 Å². The monoisotopic (exact) mass is 570 g/mol. The highest BCUT2D eigenvalue weighted by molar-refractivity contribution is 6.77. The number of hydrogen-bond acceptors (Lipinski definition) is 5. The lowest BCUT2D eigenvalue weighted by atomic mass is 9.83. The van der Waals surface area contributed by atoms with Gasteiger partial charge in [-0.05, 0) is 29.3 Å². The third-order valence-electron chi connectivity index (χ3n) is 6.28. The molecule has 9 heteroatoms. The van der Waals surface area contributed by atoms with Crippen LogP contribution in [0.5, 0.6) is 0 Å². The van der Waals surface area contributed by atoms with E-state index in [4.69, 9.17) is 39.5 Å². The van der Waals surface area contributed by atoms with Crippen LogP contribution in [0, 0.1) is 5.92 Å². The van der Waals surface area contributed by atoms with Gasteiger partial charge in [-0.25, -0.2) is 4.79 Å². The summed E-state index contributed by atoms with van der Waals surface area (Å²) in [6.07, 6.45) is 5.91. The van der Waals surface area contributed by atoms with E-state index in [2.05, 4.69) is 0 Å². The van der Waals surface area contributed by atoms with Gasteiger partial charge in [0.1, 0.15) is 0 Å². The second-order valence-electron chi connectivity index (χ2n) is 8.90. The van der Waals surface area contributed by atoms with Gasteiger partial charge in [-0.2, -0.15) is 0 Å². The number of Topliss-reactive ketones (excluding diaryl/α,β-unsaturated/α-hetero) is 2. The number of benzene rings is 2. The van der Waals surface area contributed by atoms with E-state index in [1.54, 1.807) is 18.1 Å². The number of rotatable bonds is 8. The van der Waals surface area contributed by atoms with E-state index in [0.29, 0.717) is 17.8 Å². The third kappa shape index (κ3) is 6.21. The van der Waals surface area contributed by atoms with E-state index in [1.165, 1.54) is 25.5 Å². The van der Waals surface area contributed by atoms with Gasteiger partial charge in [0.05, 0.1) is 12.8 Å². The molecule has 4 rings (SSSR count). The number of halogens is 3. The maximum Gasteiger partial charge on any atom is 0.330 e. The van der Waals surface area contributed by atoms with Crippen molar-refractivity contribution < 1.29 is 19.1 Å². The summed E-state index contributed by atoms with van der Waals surface area (Å²) in [5.74, 6) is -2.28. The summed E-state index contributed by atoms with van der Waals surface area (Å²) in [5, 5.41) is 0.921. The number of nitrogens with zero attached hydrogens (tertiary/aromatic N) is 2. The van der Waals surface area contributed by atoms with Crippen LogP contribution < -0.4 is 0 Å². The maximum atomic E-state index is 13.9.